The van der Waals surface area contributed by atoms with Crippen molar-refractivity contribution in [1.29, 1.82) is 0 Å². The highest BCUT2D eigenvalue weighted by Gasteiger charge is 2.19. The second kappa shape index (κ2) is 4.23. The second-order valence-corrected chi connectivity index (χ2v) is 5.08. The van der Waals surface area contributed by atoms with Crippen molar-refractivity contribution < 1.29 is 9.53 Å². The van der Waals surface area contributed by atoms with Crippen molar-refractivity contribution in [3.8, 4) is 5.75 Å². The van der Waals surface area contributed by atoms with E-state index >= 15 is 0 Å². The molecule has 1 amide bonds. The lowest BCUT2D eigenvalue weighted by atomic mass is 9.87. The van der Waals surface area contributed by atoms with Gasteiger partial charge >= 0.3 is 6.09 Å². The minimum atomic E-state index is -0.804. The lowest BCUT2D eigenvalue weighted by molar-refractivity contribution is 0.210. The molecule has 2 N–H and O–H groups in total. The molecule has 0 fully saturated rings. The molecule has 4 heteroatoms. The Bertz CT molecular complexity index is 383. The number of carbonyl (C=O) groups is 1. The van der Waals surface area contributed by atoms with Crippen molar-refractivity contribution in [3.05, 3.63) is 28.2 Å². The number of halogens is 1. The first kappa shape index (κ1) is 12.0. The molecule has 3 nitrogen and oxygen atoms in total. The molecule has 0 aliphatic heterocycles. The molecule has 15 heavy (non-hydrogen) atoms. The number of rotatable bonds is 1. The number of hydrogen-bond donors (Lipinski definition) is 1. The van der Waals surface area contributed by atoms with E-state index in [9.17, 15) is 4.79 Å². The minimum Gasteiger partial charge on any atom is -0.409 e. The molecular formula is C11H14BrNO2. The van der Waals surface area contributed by atoms with Crippen molar-refractivity contribution >= 4 is 22.0 Å². The number of primary amides is 1. The summed E-state index contributed by atoms with van der Waals surface area (Å²) >= 11 is 3.41. The Labute approximate surface area is 97.7 Å². The van der Waals surface area contributed by atoms with Crippen LogP contribution in [0.5, 0.6) is 5.75 Å². The second-order valence-electron chi connectivity index (χ2n) is 4.29. The lowest BCUT2D eigenvalue weighted by Gasteiger charge is -2.21. The third-order valence-corrected chi connectivity index (χ3v) is 2.80. The topological polar surface area (TPSA) is 52.3 Å². The summed E-state index contributed by atoms with van der Waals surface area (Å²) in [6.07, 6.45) is -0.804. The lowest BCUT2D eigenvalue weighted by Crippen LogP contribution is -2.18. The van der Waals surface area contributed by atoms with Gasteiger partial charge in [-0.2, -0.15) is 0 Å². The summed E-state index contributed by atoms with van der Waals surface area (Å²) in [7, 11) is 0. The minimum absolute atomic E-state index is 0.0180. The van der Waals surface area contributed by atoms with Crippen molar-refractivity contribution in [3.63, 3.8) is 0 Å². The summed E-state index contributed by atoms with van der Waals surface area (Å²) < 4.78 is 5.65. The Balaban J connectivity index is 3.17. The van der Waals surface area contributed by atoms with Crippen LogP contribution in [0.1, 0.15) is 26.3 Å². The van der Waals surface area contributed by atoms with Gasteiger partial charge in [0.25, 0.3) is 0 Å². The highest BCUT2D eigenvalue weighted by Crippen LogP contribution is 2.35. The number of benzene rings is 1. The van der Waals surface area contributed by atoms with Gasteiger partial charge in [0.15, 0.2) is 0 Å². The molecule has 0 heterocycles. The Hall–Kier alpha value is -1.03. The highest BCUT2D eigenvalue weighted by molar-refractivity contribution is 9.10. The maximum atomic E-state index is 10.7. The molecule has 1 rings (SSSR count). The van der Waals surface area contributed by atoms with Crippen LogP contribution in [0.2, 0.25) is 0 Å². The molecule has 0 spiro atoms. The highest BCUT2D eigenvalue weighted by atomic mass is 79.9. The van der Waals surface area contributed by atoms with Gasteiger partial charge in [-0.15, -0.1) is 0 Å². The third kappa shape index (κ3) is 2.96. The van der Waals surface area contributed by atoms with Crippen molar-refractivity contribution in [2.24, 2.45) is 5.73 Å². The van der Waals surface area contributed by atoms with Gasteiger partial charge in [0.2, 0.25) is 0 Å². The molecule has 0 unspecified atom stereocenters. The van der Waals surface area contributed by atoms with Crippen LogP contribution in [0.4, 0.5) is 4.79 Å². The van der Waals surface area contributed by atoms with Gasteiger partial charge in [-0.1, -0.05) is 32.9 Å². The van der Waals surface area contributed by atoms with Gasteiger partial charge < -0.3 is 10.5 Å². The Morgan fingerprint density at radius 1 is 1.40 bits per heavy atom. The van der Waals surface area contributed by atoms with E-state index in [4.69, 9.17) is 10.5 Å². The summed E-state index contributed by atoms with van der Waals surface area (Å²) in [5.74, 6) is 0.454. The van der Waals surface area contributed by atoms with Gasteiger partial charge in [-0.05, 0) is 33.0 Å². The number of amides is 1. The Morgan fingerprint density at radius 3 is 2.47 bits per heavy atom. The van der Waals surface area contributed by atoms with Crippen LogP contribution in [0, 0.1) is 0 Å². The molecule has 0 saturated carbocycles. The molecule has 0 aliphatic rings. The first-order valence-electron chi connectivity index (χ1n) is 4.58. The molecule has 0 radical (unpaired) electrons. The number of nitrogens with two attached hydrogens (primary N) is 1. The zero-order valence-corrected chi connectivity index (χ0v) is 10.6. The maximum absolute atomic E-state index is 10.7. The van der Waals surface area contributed by atoms with Gasteiger partial charge in [0.1, 0.15) is 5.75 Å². The van der Waals surface area contributed by atoms with Crippen LogP contribution >= 0.6 is 15.9 Å². The van der Waals surface area contributed by atoms with E-state index in [0.29, 0.717) is 5.75 Å². The predicted molar refractivity (Wildman–Crippen MR) is 63.1 cm³/mol. The monoisotopic (exact) mass is 271 g/mol. The van der Waals surface area contributed by atoms with Crippen LogP contribution in [0.15, 0.2) is 22.7 Å². The summed E-state index contributed by atoms with van der Waals surface area (Å²) in [6.45, 7) is 6.25. The zero-order valence-electron chi connectivity index (χ0n) is 9.00. The van der Waals surface area contributed by atoms with Crippen molar-refractivity contribution in [1.82, 2.24) is 0 Å². The van der Waals surface area contributed by atoms with Crippen LogP contribution in [0.3, 0.4) is 0 Å². The molecule has 0 aliphatic carbocycles. The summed E-state index contributed by atoms with van der Waals surface area (Å²) in [5, 5.41) is 0. The summed E-state index contributed by atoms with van der Waals surface area (Å²) in [4.78, 5) is 10.7. The smallest absolute Gasteiger partial charge is 0.409 e. The van der Waals surface area contributed by atoms with E-state index < -0.39 is 6.09 Å². The van der Waals surface area contributed by atoms with Crippen molar-refractivity contribution in [2.45, 2.75) is 26.2 Å². The first-order valence-corrected chi connectivity index (χ1v) is 5.38. The van der Waals surface area contributed by atoms with Crippen molar-refractivity contribution in [2.75, 3.05) is 0 Å². The fourth-order valence-corrected chi connectivity index (χ4v) is 2.22. The molecule has 1 aromatic carbocycles. The average Bonchev–Trinajstić information content (AvgIpc) is 2.05. The molecule has 0 aromatic heterocycles. The van der Waals surface area contributed by atoms with E-state index in [-0.39, 0.29) is 5.41 Å². The van der Waals surface area contributed by atoms with E-state index in [1.54, 1.807) is 6.07 Å². The van der Waals surface area contributed by atoms with Crippen LogP contribution in [0.25, 0.3) is 0 Å². The number of carbonyl (C=O) groups excluding carboxylic acids is 1. The summed E-state index contributed by atoms with van der Waals surface area (Å²) in [6, 6.07) is 5.52. The quantitative estimate of drug-likeness (QED) is 0.853. The Morgan fingerprint density at radius 2 is 2.00 bits per heavy atom. The molecule has 0 bridgehead atoms. The molecule has 0 atom stereocenters. The van der Waals surface area contributed by atoms with Gasteiger partial charge in [-0.25, -0.2) is 4.79 Å². The fourth-order valence-electron chi connectivity index (χ4n) is 1.28. The number of ether oxygens (including phenoxy) is 1. The van der Waals surface area contributed by atoms with Gasteiger partial charge in [0.05, 0.1) is 4.47 Å². The van der Waals surface area contributed by atoms with Gasteiger partial charge in [0, 0.05) is 0 Å². The van der Waals surface area contributed by atoms with E-state index in [2.05, 4.69) is 36.7 Å². The molecule has 0 saturated heterocycles. The molecule has 82 valence electrons. The van der Waals surface area contributed by atoms with Crippen LogP contribution in [-0.2, 0) is 5.41 Å². The summed E-state index contributed by atoms with van der Waals surface area (Å²) in [5.41, 5.74) is 6.02. The standard InChI is InChI=1S/C11H14BrNO2/c1-11(2,3)7-5-4-6-8(9(7)12)15-10(13)14/h4-6H,1-3H3,(H2,13,14). The maximum Gasteiger partial charge on any atom is 0.410 e. The van der Waals surface area contributed by atoms with Crippen LogP contribution in [-0.4, -0.2) is 6.09 Å². The molecule has 1 aromatic rings. The third-order valence-electron chi connectivity index (χ3n) is 1.98. The van der Waals surface area contributed by atoms with E-state index in [1.165, 1.54) is 0 Å². The van der Waals surface area contributed by atoms with E-state index in [1.807, 2.05) is 12.1 Å². The normalized spacial score (nSPS) is 11.2. The molecular weight excluding hydrogens is 258 g/mol. The number of hydrogen-bond acceptors (Lipinski definition) is 2. The van der Waals surface area contributed by atoms with Gasteiger partial charge in [-0.3, -0.25) is 0 Å². The Kier molecular flexibility index (Phi) is 3.39. The fraction of sp³-hybridized carbons (Fsp3) is 0.364. The first-order chi connectivity index (χ1) is 6.82. The zero-order chi connectivity index (χ0) is 11.6. The van der Waals surface area contributed by atoms with Crippen LogP contribution < -0.4 is 10.5 Å². The predicted octanol–water partition coefficient (Wildman–Crippen LogP) is 3.20. The largest absolute Gasteiger partial charge is 0.410 e. The SMILES string of the molecule is CC(C)(C)c1cccc(OC(N)=O)c1Br. The van der Waals surface area contributed by atoms with E-state index in [0.717, 1.165) is 10.0 Å². The average molecular weight is 272 g/mol.